The Morgan fingerprint density at radius 2 is 2.19 bits per heavy atom. The average Bonchev–Trinajstić information content (AvgIpc) is 2.69. The van der Waals surface area contributed by atoms with Crippen LogP contribution in [0.2, 0.25) is 0 Å². The Morgan fingerprint density at radius 3 is 2.71 bits per heavy atom. The second-order valence-corrected chi connectivity index (χ2v) is 5.30. The van der Waals surface area contributed by atoms with Crippen molar-refractivity contribution < 1.29 is 0 Å². The Bertz CT molecular complexity index is 487. The highest BCUT2D eigenvalue weighted by molar-refractivity contribution is 5.79. The van der Waals surface area contributed by atoms with E-state index in [0.29, 0.717) is 6.54 Å². The first-order valence-corrected chi connectivity index (χ1v) is 7.60. The van der Waals surface area contributed by atoms with Crippen LogP contribution in [-0.4, -0.2) is 40.8 Å². The summed E-state index contributed by atoms with van der Waals surface area (Å²) in [6.45, 7) is 12.5. The number of guanidine groups is 1. The molecule has 118 valence electrons. The van der Waals surface area contributed by atoms with Gasteiger partial charge in [0.2, 0.25) is 0 Å². The van der Waals surface area contributed by atoms with E-state index in [2.05, 4.69) is 42.8 Å². The van der Waals surface area contributed by atoms with Crippen molar-refractivity contribution in [2.45, 2.75) is 40.2 Å². The molecule has 0 radical (unpaired) electrons. The molecule has 1 heterocycles. The number of nitrogens with one attached hydrogen (secondary N) is 1. The minimum Gasteiger partial charge on any atom is -0.357 e. The first-order valence-electron chi connectivity index (χ1n) is 7.60. The second kappa shape index (κ2) is 8.49. The van der Waals surface area contributed by atoms with Gasteiger partial charge in [-0.3, -0.25) is 4.68 Å². The van der Waals surface area contributed by atoms with Gasteiger partial charge in [0, 0.05) is 38.4 Å². The SMILES string of the molecule is C=CCCCN(C)C(=NCc1c(C)nn(C)c1C)NCC. The molecule has 21 heavy (non-hydrogen) atoms. The Hall–Kier alpha value is -1.78. The molecule has 0 bridgehead atoms. The molecule has 0 aliphatic rings. The zero-order valence-corrected chi connectivity index (χ0v) is 14.1. The first-order chi connectivity index (χ1) is 10.0. The van der Waals surface area contributed by atoms with Crippen molar-refractivity contribution in [2.75, 3.05) is 20.1 Å². The quantitative estimate of drug-likeness (QED) is 0.363. The van der Waals surface area contributed by atoms with E-state index in [1.165, 1.54) is 11.3 Å². The standard InChI is InChI=1S/C16H29N5/c1-7-9-10-11-20(5)16(17-8-2)18-12-15-13(3)19-21(6)14(15)4/h7H,1,8-12H2,2-6H3,(H,17,18). The van der Waals surface area contributed by atoms with Gasteiger partial charge in [0.15, 0.2) is 5.96 Å². The van der Waals surface area contributed by atoms with Crippen molar-refractivity contribution in [3.8, 4) is 0 Å². The lowest BCUT2D eigenvalue weighted by Crippen LogP contribution is -2.39. The molecule has 0 saturated heterocycles. The largest absolute Gasteiger partial charge is 0.357 e. The lowest BCUT2D eigenvalue weighted by molar-refractivity contribution is 0.470. The van der Waals surface area contributed by atoms with Crippen LogP contribution in [0.15, 0.2) is 17.6 Å². The third-order valence-electron chi connectivity index (χ3n) is 3.64. The van der Waals surface area contributed by atoms with E-state index >= 15 is 0 Å². The van der Waals surface area contributed by atoms with Crippen molar-refractivity contribution in [1.29, 1.82) is 0 Å². The number of rotatable bonds is 7. The molecule has 0 amide bonds. The van der Waals surface area contributed by atoms with Gasteiger partial charge in [-0.1, -0.05) is 6.08 Å². The van der Waals surface area contributed by atoms with Crippen LogP contribution < -0.4 is 5.32 Å². The first kappa shape index (κ1) is 17.3. The number of nitrogens with zero attached hydrogens (tertiary/aromatic N) is 4. The molecule has 0 aliphatic heterocycles. The van der Waals surface area contributed by atoms with Crippen molar-refractivity contribution >= 4 is 5.96 Å². The fourth-order valence-corrected chi connectivity index (χ4v) is 2.25. The molecular weight excluding hydrogens is 262 g/mol. The van der Waals surface area contributed by atoms with Gasteiger partial charge in [-0.25, -0.2) is 4.99 Å². The summed E-state index contributed by atoms with van der Waals surface area (Å²) in [4.78, 5) is 6.92. The lowest BCUT2D eigenvalue weighted by Gasteiger charge is -2.21. The third kappa shape index (κ3) is 4.92. The maximum absolute atomic E-state index is 4.75. The maximum Gasteiger partial charge on any atom is 0.193 e. The molecular formula is C16H29N5. The molecule has 1 rings (SSSR count). The van der Waals surface area contributed by atoms with Crippen LogP contribution in [-0.2, 0) is 13.6 Å². The van der Waals surface area contributed by atoms with Crippen molar-refractivity contribution in [1.82, 2.24) is 20.0 Å². The molecule has 1 N–H and O–H groups in total. The van der Waals surface area contributed by atoms with Crippen LogP contribution in [0.4, 0.5) is 0 Å². The normalized spacial score (nSPS) is 11.6. The maximum atomic E-state index is 4.75. The van der Waals surface area contributed by atoms with E-state index in [4.69, 9.17) is 4.99 Å². The van der Waals surface area contributed by atoms with Gasteiger partial charge in [-0.2, -0.15) is 5.10 Å². The number of aryl methyl sites for hydroxylation is 2. The monoisotopic (exact) mass is 291 g/mol. The molecule has 0 atom stereocenters. The molecule has 0 fully saturated rings. The number of hydrogen-bond donors (Lipinski definition) is 1. The average molecular weight is 291 g/mol. The van der Waals surface area contributed by atoms with Gasteiger partial charge < -0.3 is 10.2 Å². The fraction of sp³-hybridized carbons (Fsp3) is 0.625. The molecule has 0 aromatic carbocycles. The smallest absolute Gasteiger partial charge is 0.193 e. The Labute approximate surface area is 128 Å². The van der Waals surface area contributed by atoms with Gasteiger partial charge in [0.25, 0.3) is 0 Å². The third-order valence-corrected chi connectivity index (χ3v) is 3.64. The summed E-state index contributed by atoms with van der Waals surface area (Å²) in [6.07, 6.45) is 4.08. The van der Waals surface area contributed by atoms with Crippen molar-refractivity contribution in [3.63, 3.8) is 0 Å². The van der Waals surface area contributed by atoms with E-state index in [0.717, 1.165) is 37.6 Å². The van der Waals surface area contributed by atoms with E-state index in [1.807, 2.05) is 24.7 Å². The van der Waals surface area contributed by atoms with Crippen LogP contribution in [0.3, 0.4) is 0 Å². The number of unbranched alkanes of at least 4 members (excludes halogenated alkanes) is 1. The van der Waals surface area contributed by atoms with E-state index in [9.17, 15) is 0 Å². The van der Waals surface area contributed by atoms with Gasteiger partial charge in [0.05, 0.1) is 12.2 Å². The van der Waals surface area contributed by atoms with Crippen LogP contribution in [0.1, 0.15) is 36.7 Å². The highest BCUT2D eigenvalue weighted by Gasteiger charge is 2.10. The van der Waals surface area contributed by atoms with Crippen LogP contribution in [0.25, 0.3) is 0 Å². The fourth-order valence-electron chi connectivity index (χ4n) is 2.25. The van der Waals surface area contributed by atoms with E-state index in [-0.39, 0.29) is 0 Å². The minimum absolute atomic E-state index is 0.666. The van der Waals surface area contributed by atoms with Gasteiger partial charge in [-0.15, -0.1) is 6.58 Å². The summed E-state index contributed by atoms with van der Waals surface area (Å²) in [7, 11) is 4.05. The highest BCUT2D eigenvalue weighted by Crippen LogP contribution is 2.13. The summed E-state index contributed by atoms with van der Waals surface area (Å²) in [5.41, 5.74) is 3.46. The summed E-state index contributed by atoms with van der Waals surface area (Å²) < 4.78 is 1.92. The van der Waals surface area contributed by atoms with E-state index < -0.39 is 0 Å². The predicted octanol–water partition coefficient (Wildman–Crippen LogP) is 2.40. The molecule has 0 unspecified atom stereocenters. The van der Waals surface area contributed by atoms with Crippen molar-refractivity contribution in [3.05, 3.63) is 29.6 Å². The van der Waals surface area contributed by atoms with Gasteiger partial charge >= 0.3 is 0 Å². The number of aromatic nitrogens is 2. The molecule has 5 heteroatoms. The Balaban J connectivity index is 2.77. The van der Waals surface area contributed by atoms with Crippen LogP contribution >= 0.6 is 0 Å². The zero-order valence-electron chi connectivity index (χ0n) is 14.1. The number of aliphatic imine (C=N–C) groups is 1. The summed E-state index contributed by atoms with van der Waals surface area (Å²) in [5.74, 6) is 0.948. The zero-order chi connectivity index (χ0) is 15.8. The number of hydrogen-bond acceptors (Lipinski definition) is 2. The highest BCUT2D eigenvalue weighted by atomic mass is 15.3. The molecule has 0 saturated carbocycles. The molecule has 0 aliphatic carbocycles. The predicted molar refractivity (Wildman–Crippen MR) is 89.6 cm³/mol. The minimum atomic E-state index is 0.666. The van der Waals surface area contributed by atoms with Crippen molar-refractivity contribution in [2.24, 2.45) is 12.0 Å². The molecule has 5 nitrogen and oxygen atoms in total. The molecule has 1 aromatic heterocycles. The molecule has 0 spiro atoms. The van der Waals surface area contributed by atoms with Gasteiger partial charge in [-0.05, 0) is 33.6 Å². The summed E-state index contributed by atoms with van der Waals surface area (Å²) in [6, 6.07) is 0. The Morgan fingerprint density at radius 1 is 1.48 bits per heavy atom. The van der Waals surface area contributed by atoms with E-state index in [1.54, 1.807) is 0 Å². The lowest BCUT2D eigenvalue weighted by atomic mass is 10.2. The van der Waals surface area contributed by atoms with Gasteiger partial charge in [0.1, 0.15) is 0 Å². The Kier molecular flexibility index (Phi) is 6.99. The van der Waals surface area contributed by atoms with Crippen LogP contribution in [0, 0.1) is 13.8 Å². The second-order valence-electron chi connectivity index (χ2n) is 5.30. The summed E-state index contributed by atoms with van der Waals surface area (Å²) in [5, 5.41) is 7.79. The number of allylic oxidation sites excluding steroid dienone is 1. The topological polar surface area (TPSA) is 45.5 Å². The van der Waals surface area contributed by atoms with Crippen LogP contribution in [0.5, 0.6) is 0 Å². The summed E-state index contributed by atoms with van der Waals surface area (Å²) >= 11 is 0. The molecule has 1 aromatic rings.